The highest BCUT2D eigenvalue weighted by atomic mass is 16.2. The van der Waals surface area contributed by atoms with Crippen LogP contribution in [0.25, 0.3) is 0 Å². The van der Waals surface area contributed by atoms with Crippen LogP contribution in [-0.2, 0) is 5.41 Å². The zero-order valence-electron chi connectivity index (χ0n) is 17.7. The molecule has 0 bridgehead atoms. The fraction of sp³-hybridized carbons (Fsp3) is 0.348. The average Bonchev–Trinajstić information content (AvgIpc) is 3.37. The molecular formula is C23H28N6O. The van der Waals surface area contributed by atoms with E-state index in [1.54, 1.807) is 12.1 Å². The van der Waals surface area contributed by atoms with E-state index in [0.717, 1.165) is 29.0 Å². The second kappa shape index (κ2) is 7.82. The Morgan fingerprint density at radius 3 is 2.23 bits per heavy atom. The quantitative estimate of drug-likeness (QED) is 0.678. The lowest BCUT2D eigenvalue weighted by Crippen LogP contribution is -2.17. The largest absolute Gasteiger partial charge is 0.372 e. The van der Waals surface area contributed by atoms with Crippen molar-refractivity contribution in [2.24, 2.45) is 0 Å². The smallest absolute Gasteiger partial charge is 0.281 e. The maximum absolute atomic E-state index is 12.8. The Morgan fingerprint density at radius 1 is 1.00 bits per heavy atom. The molecule has 0 amide bonds. The van der Waals surface area contributed by atoms with Crippen LogP contribution in [0.1, 0.15) is 49.5 Å². The predicted molar refractivity (Wildman–Crippen MR) is 120 cm³/mol. The van der Waals surface area contributed by atoms with Gasteiger partial charge in [0.15, 0.2) is 0 Å². The van der Waals surface area contributed by atoms with Gasteiger partial charge in [0.05, 0.1) is 0 Å². The molecule has 0 radical (unpaired) electrons. The number of hydrogen-bond acceptors (Lipinski definition) is 6. The van der Waals surface area contributed by atoms with E-state index < -0.39 is 0 Å². The zero-order chi connectivity index (χ0) is 21.3. The molecule has 3 aromatic rings. The van der Waals surface area contributed by atoms with Crippen LogP contribution >= 0.6 is 0 Å². The Hall–Kier alpha value is -3.35. The van der Waals surface area contributed by atoms with Gasteiger partial charge in [-0.2, -0.15) is 9.67 Å². The molecule has 7 heteroatoms. The number of hydrogen-bond donors (Lipinski definition) is 2. The van der Waals surface area contributed by atoms with E-state index in [-0.39, 0.29) is 17.3 Å². The fourth-order valence-corrected chi connectivity index (χ4v) is 3.62. The lowest BCUT2D eigenvalue weighted by atomic mass is 9.87. The van der Waals surface area contributed by atoms with Gasteiger partial charge in [-0.1, -0.05) is 32.9 Å². The van der Waals surface area contributed by atoms with Crippen molar-refractivity contribution >= 4 is 29.2 Å². The first kappa shape index (κ1) is 19.9. The molecule has 0 atom stereocenters. The molecule has 0 saturated carbocycles. The Labute approximate surface area is 176 Å². The minimum Gasteiger partial charge on any atom is -0.372 e. The van der Waals surface area contributed by atoms with Crippen molar-refractivity contribution in [1.29, 1.82) is 0 Å². The van der Waals surface area contributed by atoms with Crippen LogP contribution in [0.3, 0.4) is 0 Å². The minimum absolute atomic E-state index is 0.0231. The van der Waals surface area contributed by atoms with Crippen LogP contribution in [0.4, 0.5) is 23.3 Å². The van der Waals surface area contributed by atoms with Gasteiger partial charge in [-0.15, -0.1) is 5.10 Å². The first-order valence-corrected chi connectivity index (χ1v) is 10.3. The number of carbonyl (C=O) groups is 1. The first-order chi connectivity index (χ1) is 14.3. The average molecular weight is 405 g/mol. The van der Waals surface area contributed by atoms with Crippen molar-refractivity contribution in [2.45, 2.75) is 39.0 Å². The van der Waals surface area contributed by atoms with Crippen LogP contribution in [0.2, 0.25) is 0 Å². The van der Waals surface area contributed by atoms with Crippen LogP contribution in [0.15, 0.2) is 48.5 Å². The molecule has 3 N–H and O–H groups in total. The van der Waals surface area contributed by atoms with Crippen molar-refractivity contribution in [3.8, 4) is 0 Å². The summed E-state index contributed by atoms with van der Waals surface area (Å²) in [7, 11) is 0. The molecule has 30 heavy (non-hydrogen) atoms. The molecule has 0 spiro atoms. The molecule has 2 heterocycles. The number of benzene rings is 2. The van der Waals surface area contributed by atoms with Crippen LogP contribution in [0.5, 0.6) is 0 Å². The molecule has 1 aliphatic rings. The predicted octanol–water partition coefficient (Wildman–Crippen LogP) is 4.19. The SMILES string of the molecule is CC(C)(C)c1ccc(C(=O)n2nc(Nc3ccc(N4CCCC4)cc3)nc2N)cc1. The van der Waals surface area contributed by atoms with Gasteiger partial charge in [-0.05, 0) is 60.2 Å². The van der Waals surface area contributed by atoms with Crippen LogP contribution in [-0.4, -0.2) is 33.8 Å². The summed E-state index contributed by atoms with van der Waals surface area (Å²) in [6.07, 6.45) is 2.49. The van der Waals surface area contributed by atoms with Gasteiger partial charge in [0.1, 0.15) is 0 Å². The van der Waals surface area contributed by atoms with Gasteiger partial charge < -0.3 is 16.0 Å². The number of anilines is 4. The molecule has 0 unspecified atom stereocenters. The third-order valence-corrected chi connectivity index (χ3v) is 5.42. The summed E-state index contributed by atoms with van der Waals surface area (Å²) in [4.78, 5) is 19.4. The van der Waals surface area contributed by atoms with E-state index in [0.29, 0.717) is 11.5 Å². The van der Waals surface area contributed by atoms with E-state index in [1.807, 2.05) is 24.3 Å². The highest BCUT2D eigenvalue weighted by Gasteiger charge is 2.18. The summed E-state index contributed by atoms with van der Waals surface area (Å²) < 4.78 is 1.13. The topological polar surface area (TPSA) is 89.1 Å². The normalized spacial score (nSPS) is 14.2. The van der Waals surface area contributed by atoms with Gasteiger partial charge in [-0.3, -0.25) is 4.79 Å². The summed E-state index contributed by atoms with van der Waals surface area (Å²) >= 11 is 0. The Morgan fingerprint density at radius 2 is 1.63 bits per heavy atom. The van der Waals surface area contributed by atoms with Gasteiger partial charge in [-0.25, -0.2) is 0 Å². The monoisotopic (exact) mass is 404 g/mol. The highest BCUT2D eigenvalue weighted by molar-refractivity contribution is 5.96. The second-order valence-corrected chi connectivity index (χ2v) is 8.70. The van der Waals surface area contributed by atoms with Crippen LogP contribution in [0, 0.1) is 0 Å². The molecule has 0 aliphatic carbocycles. The number of nitrogen functional groups attached to an aromatic ring is 1. The fourth-order valence-electron chi connectivity index (χ4n) is 3.62. The molecule has 4 rings (SSSR count). The van der Waals surface area contributed by atoms with Crippen molar-refractivity contribution in [1.82, 2.24) is 14.8 Å². The first-order valence-electron chi connectivity index (χ1n) is 10.3. The number of carbonyl (C=O) groups excluding carboxylic acids is 1. The maximum atomic E-state index is 12.8. The highest BCUT2D eigenvalue weighted by Crippen LogP contribution is 2.24. The zero-order valence-corrected chi connectivity index (χ0v) is 17.7. The lowest BCUT2D eigenvalue weighted by Gasteiger charge is -2.18. The third-order valence-electron chi connectivity index (χ3n) is 5.42. The number of aromatic nitrogens is 3. The molecule has 1 aromatic heterocycles. The van der Waals surface area contributed by atoms with E-state index >= 15 is 0 Å². The summed E-state index contributed by atoms with van der Waals surface area (Å²) in [5.41, 5.74) is 9.71. The summed E-state index contributed by atoms with van der Waals surface area (Å²) in [5.74, 6) is 0.0371. The van der Waals surface area contributed by atoms with Gasteiger partial charge in [0, 0.05) is 30.0 Å². The molecule has 156 valence electrons. The van der Waals surface area contributed by atoms with E-state index in [4.69, 9.17) is 5.73 Å². The molecule has 1 fully saturated rings. The van der Waals surface area contributed by atoms with Crippen LogP contribution < -0.4 is 16.0 Å². The third kappa shape index (κ3) is 4.15. The molecule has 1 saturated heterocycles. The number of nitrogens with one attached hydrogen (secondary N) is 1. The number of rotatable bonds is 4. The number of nitrogens with zero attached hydrogens (tertiary/aromatic N) is 4. The summed E-state index contributed by atoms with van der Waals surface area (Å²) in [6, 6.07) is 15.6. The van der Waals surface area contributed by atoms with Gasteiger partial charge in [0.2, 0.25) is 11.9 Å². The Bertz CT molecular complexity index is 1030. The lowest BCUT2D eigenvalue weighted by molar-refractivity contribution is 0.0948. The van der Waals surface area contributed by atoms with E-state index in [9.17, 15) is 4.79 Å². The van der Waals surface area contributed by atoms with E-state index in [2.05, 4.69) is 53.2 Å². The van der Waals surface area contributed by atoms with Gasteiger partial charge >= 0.3 is 0 Å². The van der Waals surface area contributed by atoms with Crippen molar-refractivity contribution in [2.75, 3.05) is 29.0 Å². The second-order valence-electron chi connectivity index (χ2n) is 8.70. The minimum atomic E-state index is -0.308. The molecule has 2 aromatic carbocycles. The molecule has 7 nitrogen and oxygen atoms in total. The maximum Gasteiger partial charge on any atom is 0.281 e. The Kier molecular flexibility index (Phi) is 5.20. The summed E-state index contributed by atoms with van der Waals surface area (Å²) in [5, 5.41) is 7.39. The van der Waals surface area contributed by atoms with Crippen molar-refractivity contribution < 1.29 is 4.79 Å². The molecule has 1 aliphatic heterocycles. The Balaban J connectivity index is 1.48. The number of nitrogens with two attached hydrogens (primary N) is 1. The van der Waals surface area contributed by atoms with Crippen molar-refractivity contribution in [3.05, 3.63) is 59.7 Å². The molecular weight excluding hydrogens is 376 g/mol. The standard InChI is InChI=1S/C23H28N6O/c1-23(2,3)17-8-6-16(7-9-17)20(30)29-21(24)26-22(27-29)25-18-10-12-19(13-11-18)28-14-4-5-15-28/h6-13H,4-5,14-15H2,1-3H3,(H3,24,25,26,27). The van der Waals surface area contributed by atoms with E-state index in [1.165, 1.54) is 18.5 Å². The summed E-state index contributed by atoms with van der Waals surface area (Å²) in [6.45, 7) is 8.61. The van der Waals surface area contributed by atoms with Gasteiger partial charge in [0.25, 0.3) is 5.91 Å². The van der Waals surface area contributed by atoms with Crippen molar-refractivity contribution in [3.63, 3.8) is 0 Å².